The molecule has 1 aromatic rings. The molecule has 0 heterocycles. The number of ether oxygens (including phenoxy) is 1. The molecule has 1 aromatic carbocycles. The maximum atomic E-state index is 12.7. The second-order valence-electron chi connectivity index (χ2n) is 5.80. The van der Waals surface area contributed by atoms with Gasteiger partial charge >= 0.3 is 0 Å². The highest BCUT2D eigenvalue weighted by Gasteiger charge is 2.34. The van der Waals surface area contributed by atoms with Gasteiger partial charge in [0.25, 0.3) is 5.91 Å². The highest BCUT2D eigenvalue weighted by Crippen LogP contribution is 2.35. The summed E-state index contributed by atoms with van der Waals surface area (Å²) in [4.78, 5) is 14.7. The lowest BCUT2D eigenvalue weighted by atomic mass is 10.1. The number of carbonyl (C=O) groups excluding carboxylic acids is 1. The van der Waals surface area contributed by atoms with Crippen LogP contribution in [0.25, 0.3) is 0 Å². The van der Waals surface area contributed by atoms with E-state index in [-0.39, 0.29) is 11.9 Å². The molecule has 0 bridgehead atoms. The van der Waals surface area contributed by atoms with Crippen molar-refractivity contribution in [1.29, 1.82) is 0 Å². The standard InChI is InChI=1S/C17H26N2O2/c1-13(15-7-8-15)19(11-12-21-2)17(20)16-5-3-14(4-6-16)9-10-18/h3-6,13,15H,7-12,18H2,1-2H3. The molecule has 0 spiro atoms. The Morgan fingerprint density at radius 1 is 1.38 bits per heavy atom. The van der Waals surface area contributed by atoms with Gasteiger partial charge in [0.2, 0.25) is 0 Å². The van der Waals surface area contributed by atoms with Crippen LogP contribution in [-0.2, 0) is 11.2 Å². The zero-order chi connectivity index (χ0) is 15.2. The number of hydrogen-bond acceptors (Lipinski definition) is 3. The van der Waals surface area contributed by atoms with Crippen molar-refractivity contribution >= 4 is 5.91 Å². The first-order chi connectivity index (χ1) is 10.2. The third kappa shape index (κ3) is 4.29. The molecule has 2 N–H and O–H groups in total. The van der Waals surface area contributed by atoms with Gasteiger partial charge in [-0.05, 0) is 56.3 Å². The molecular formula is C17H26N2O2. The summed E-state index contributed by atoms with van der Waals surface area (Å²) in [5, 5.41) is 0. The molecular weight excluding hydrogens is 264 g/mol. The molecule has 1 aliphatic carbocycles. The van der Waals surface area contributed by atoms with Crippen LogP contribution in [0.1, 0.15) is 35.7 Å². The van der Waals surface area contributed by atoms with Crippen molar-refractivity contribution in [3.05, 3.63) is 35.4 Å². The lowest BCUT2D eigenvalue weighted by Crippen LogP contribution is -2.42. The third-order valence-corrected chi connectivity index (χ3v) is 4.23. The number of carbonyl (C=O) groups is 1. The molecule has 0 radical (unpaired) electrons. The van der Waals surface area contributed by atoms with Crippen molar-refractivity contribution < 1.29 is 9.53 Å². The average molecular weight is 290 g/mol. The Labute approximate surface area is 127 Å². The number of methoxy groups -OCH3 is 1. The molecule has 0 aliphatic heterocycles. The van der Waals surface area contributed by atoms with Crippen LogP contribution in [0.4, 0.5) is 0 Å². The van der Waals surface area contributed by atoms with Gasteiger partial charge < -0.3 is 15.4 Å². The summed E-state index contributed by atoms with van der Waals surface area (Å²) in [7, 11) is 1.67. The van der Waals surface area contributed by atoms with E-state index in [1.807, 2.05) is 29.2 Å². The van der Waals surface area contributed by atoms with Crippen molar-refractivity contribution in [2.24, 2.45) is 11.7 Å². The Kier molecular flexibility index (Phi) is 5.76. The quantitative estimate of drug-likeness (QED) is 0.797. The van der Waals surface area contributed by atoms with E-state index < -0.39 is 0 Å². The van der Waals surface area contributed by atoms with Crippen LogP contribution < -0.4 is 5.73 Å². The van der Waals surface area contributed by atoms with Crippen LogP contribution in [0.3, 0.4) is 0 Å². The van der Waals surface area contributed by atoms with Gasteiger partial charge in [0.15, 0.2) is 0 Å². The monoisotopic (exact) mass is 290 g/mol. The summed E-state index contributed by atoms with van der Waals surface area (Å²) in [6.45, 7) is 4.01. The molecule has 1 saturated carbocycles. The van der Waals surface area contributed by atoms with Gasteiger partial charge in [0.05, 0.1) is 6.61 Å². The molecule has 4 heteroatoms. The number of amides is 1. The zero-order valence-corrected chi connectivity index (χ0v) is 13.0. The highest BCUT2D eigenvalue weighted by molar-refractivity contribution is 5.94. The first-order valence-electron chi connectivity index (χ1n) is 7.76. The average Bonchev–Trinajstić information content (AvgIpc) is 3.33. The molecule has 1 atom stereocenters. The number of benzene rings is 1. The van der Waals surface area contributed by atoms with Crippen LogP contribution in [0.2, 0.25) is 0 Å². The predicted molar refractivity (Wildman–Crippen MR) is 84.3 cm³/mol. The number of rotatable bonds is 8. The molecule has 0 aromatic heterocycles. The fourth-order valence-electron chi connectivity index (χ4n) is 2.66. The zero-order valence-electron chi connectivity index (χ0n) is 13.0. The fraction of sp³-hybridized carbons (Fsp3) is 0.588. The van der Waals surface area contributed by atoms with Gasteiger partial charge in [0.1, 0.15) is 0 Å². The minimum Gasteiger partial charge on any atom is -0.383 e. The van der Waals surface area contributed by atoms with E-state index in [0.717, 1.165) is 12.0 Å². The molecule has 4 nitrogen and oxygen atoms in total. The molecule has 1 amide bonds. The summed E-state index contributed by atoms with van der Waals surface area (Å²) in [5.74, 6) is 0.757. The third-order valence-electron chi connectivity index (χ3n) is 4.23. The topological polar surface area (TPSA) is 55.6 Å². The van der Waals surface area contributed by atoms with Gasteiger partial charge in [-0.3, -0.25) is 4.79 Å². The van der Waals surface area contributed by atoms with Gasteiger partial charge in [-0.2, -0.15) is 0 Å². The van der Waals surface area contributed by atoms with Gasteiger partial charge in [-0.15, -0.1) is 0 Å². The van der Waals surface area contributed by atoms with Crippen molar-refractivity contribution in [2.75, 3.05) is 26.8 Å². The molecule has 1 aliphatic rings. The Morgan fingerprint density at radius 2 is 2.05 bits per heavy atom. The molecule has 1 unspecified atom stereocenters. The number of nitrogens with zero attached hydrogens (tertiary/aromatic N) is 1. The van der Waals surface area contributed by atoms with E-state index in [1.165, 1.54) is 18.4 Å². The van der Waals surface area contributed by atoms with Gasteiger partial charge in [-0.1, -0.05) is 12.1 Å². The van der Waals surface area contributed by atoms with E-state index in [2.05, 4.69) is 6.92 Å². The molecule has 2 rings (SSSR count). The minimum absolute atomic E-state index is 0.103. The minimum atomic E-state index is 0.103. The first-order valence-corrected chi connectivity index (χ1v) is 7.76. The van der Waals surface area contributed by atoms with E-state index in [1.54, 1.807) is 7.11 Å². The SMILES string of the molecule is COCCN(C(=O)c1ccc(CCN)cc1)C(C)C1CC1. The molecule has 1 fully saturated rings. The van der Waals surface area contributed by atoms with E-state index in [9.17, 15) is 4.79 Å². The number of hydrogen-bond donors (Lipinski definition) is 1. The summed E-state index contributed by atoms with van der Waals surface area (Å²) in [6.07, 6.45) is 3.31. The largest absolute Gasteiger partial charge is 0.383 e. The molecule has 0 saturated heterocycles. The second-order valence-corrected chi connectivity index (χ2v) is 5.80. The van der Waals surface area contributed by atoms with Crippen molar-refractivity contribution in [1.82, 2.24) is 4.90 Å². The highest BCUT2D eigenvalue weighted by atomic mass is 16.5. The Morgan fingerprint density at radius 3 is 2.57 bits per heavy atom. The molecule has 21 heavy (non-hydrogen) atoms. The van der Waals surface area contributed by atoms with E-state index >= 15 is 0 Å². The van der Waals surface area contributed by atoms with E-state index in [0.29, 0.717) is 25.6 Å². The lowest BCUT2D eigenvalue weighted by molar-refractivity contribution is 0.0594. The van der Waals surface area contributed by atoms with Gasteiger partial charge in [0, 0.05) is 25.3 Å². The van der Waals surface area contributed by atoms with Crippen molar-refractivity contribution in [3.8, 4) is 0 Å². The smallest absolute Gasteiger partial charge is 0.254 e. The maximum absolute atomic E-state index is 12.7. The summed E-state index contributed by atoms with van der Waals surface area (Å²) < 4.78 is 5.15. The Hall–Kier alpha value is -1.39. The maximum Gasteiger partial charge on any atom is 0.254 e. The summed E-state index contributed by atoms with van der Waals surface area (Å²) in [5.41, 5.74) is 7.48. The van der Waals surface area contributed by atoms with Crippen LogP contribution in [0.5, 0.6) is 0 Å². The Balaban J connectivity index is 2.08. The normalized spacial score (nSPS) is 15.8. The van der Waals surface area contributed by atoms with E-state index in [4.69, 9.17) is 10.5 Å². The van der Waals surface area contributed by atoms with Crippen LogP contribution in [0.15, 0.2) is 24.3 Å². The number of nitrogens with two attached hydrogens (primary N) is 1. The second kappa shape index (κ2) is 7.57. The van der Waals surface area contributed by atoms with Crippen LogP contribution in [0, 0.1) is 5.92 Å². The van der Waals surface area contributed by atoms with Gasteiger partial charge in [-0.25, -0.2) is 0 Å². The lowest BCUT2D eigenvalue weighted by Gasteiger charge is -2.29. The fourth-order valence-corrected chi connectivity index (χ4v) is 2.66. The van der Waals surface area contributed by atoms with Crippen molar-refractivity contribution in [3.63, 3.8) is 0 Å². The van der Waals surface area contributed by atoms with Crippen molar-refractivity contribution in [2.45, 2.75) is 32.2 Å². The molecule has 116 valence electrons. The summed E-state index contributed by atoms with van der Waals surface area (Å²) >= 11 is 0. The summed E-state index contributed by atoms with van der Waals surface area (Å²) in [6, 6.07) is 8.10. The van der Waals surface area contributed by atoms with Crippen LogP contribution >= 0.6 is 0 Å². The first kappa shape index (κ1) is 16.0. The van der Waals surface area contributed by atoms with Crippen LogP contribution in [-0.4, -0.2) is 43.7 Å². The predicted octanol–water partition coefficient (Wildman–Crippen LogP) is 2.07. The Bertz CT molecular complexity index is 454.